The molecule has 5 heteroatoms. The van der Waals surface area contributed by atoms with E-state index in [1.165, 1.54) is 0 Å². The number of carbonyl (C=O) groups is 1. The van der Waals surface area contributed by atoms with Gasteiger partial charge in [0.1, 0.15) is 24.8 Å². The minimum atomic E-state index is -0.474. The standard InChI is InChI=1S/C10H10N3O2/c11-10(14)8-5-7-6-9(12-8)13(7)1-3-15-4-2-13/h5H,1-4H2,(H-,11,14)/p+1. The first-order valence-electron chi connectivity index (χ1n) is 4.92. The van der Waals surface area contributed by atoms with Crippen LogP contribution in [0.25, 0.3) is 0 Å². The number of primary amides is 1. The molecule has 4 heterocycles. The molecule has 0 atom stereocenters. The second kappa shape index (κ2) is 2.77. The normalized spacial score (nSPS) is 21.1. The number of rotatable bonds is 1. The maximum absolute atomic E-state index is 11.0. The van der Waals surface area contributed by atoms with Gasteiger partial charge in [-0.2, -0.15) is 4.98 Å². The van der Waals surface area contributed by atoms with Crippen molar-refractivity contribution in [2.24, 2.45) is 5.73 Å². The van der Waals surface area contributed by atoms with E-state index in [4.69, 9.17) is 10.5 Å². The summed E-state index contributed by atoms with van der Waals surface area (Å²) >= 11 is 0. The Morgan fingerprint density at radius 1 is 1.53 bits per heavy atom. The second-order valence-electron chi connectivity index (χ2n) is 3.87. The van der Waals surface area contributed by atoms with Crippen molar-refractivity contribution in [1.29, 1.82) is 0 Å². The third-order valence-corrected chi connectivity index (χ3v) is 3.09. The average Bonchev–Trinajstić information content (AvgIpc) is 2.30. The van der Waals surface area contributed by atoms with Crippen LogP contribution < -0.4 is 10.2 Å². The summed E-state index contributed by atoms with van der Waals surface area (Å²) in [7, 11) is 0. The molecule has 3 aliphatic heterocycles. The van der Waals surface area contributed by atoms with Crippen LogP contribution in [0.2, 0.25) is 0 Å². The van der Waals surface area contributed by atoms with Gasteiger partial charge in [-0.15, -0.1) is 0 Å². The van der Waals surface area contributed by atoms with Crippen LogP contribution in [0.3, 0.4) is 0 Å². The van der Waals surface area contributed by atoms with Crippen LogP contribution in [-0.4, -0.2) is 37.2 Å². The van der Waals surface area contributed by atoms with E-state index in [-0.39, 0.29) is 0 Å². The summed E-state index contributed by atoms with van der Waals surface area (Å²) in [5.41, 5.74) is 6.53. The lowest BCUT2D eigenvalue weighted by Crippen LogP contribution is -2.57. The number of pyridine rings is 1. The van der Waals surface area contributed by atoms with Crippen LogP contribution in [0.5, 0.6) is 0 Å². The maximum Gasteiger partial charge on any atom is 0.267 e. The van der Waals surface area contributed by atoms with E-state index in [1.54, 1.807) is 6.07 Å². The molecule has 4 rings (SSSR count). The summed E-state index contributed by atoms with van der Waals surface area (Å²) in [5, 5.41) is 0. The summed E-state index contributed by atoms with van der Waals surface area (Å²) in [6.45, 7) is 3.21. The van der Waals surface area contributed by atoms with Crippen LogP contribution in [-0.2, 0) is 4.74 Å². The van der Waals surface area contributed by atoms with Gasteiger partial charge < -0.3 is 10.5 Å². The zero-order valence-electron chi connectivity index (χ0n) is 8.19. The number of nitrogens with zero attached hydrogens (tertiary/aromatic N) is 2. The van der Waals surface area contributed by atoms with Gasteiger partial charge in [-0.25, -0.2) is 4.48 Å². The van der Waals surface area contributed by atoms with E-state index in [0.717, 1.165) is 42.3 Å². The molecule has 2 bridgehead atoms. The Hall–Kier alpha value is -1.46. The van der Waals surface area contributed by atoms with Gasteiger partial charge in [-0.1, -0.05) is 0 Å². The second-order valence-corrected chi connectivity index (χ2v) is 3.87. The SMILES string of the molecule is NC(=O)c1cc2[c]c(n1)[N+]21CCOCC1. The number of hydrogen-bond acceptors (Lipinski definition) is 3. The minimum Gasteiger partial charge on any atom is -0.370 e. The smallest absolute Gasteiger partial charge is 0.267 e. The van der Waals surface area contributed by atoms with Crippen LogP contribution in [0, 0.1) is 6.07 Å². The van der Waals surface area contributed by atoms with Crippen molar-refractivity contribution in [2.75, 3.05) is 26.3 Å². The lowest BCUT2D eigenvalue weighted by atomic mass is 10.1. The zero-order chi connectivity index (χ0) is 10.5. The predicted octanol–water partition coefficient (Wildman–Crippen LogP) is -0.0367. The topological polar surface area (TPSA) is 65.2 Å². The number of hydrogen-bond donors (Lipinski definition) is 1. The van der Waals surface area contributed by atoms with Gasteiger partial charge in [0.25, 0.3) is 5.91 Å². The number of fused-ring (bicyclic) bond motifs is 2. The highest BCUT2D eigenvalue weighted by Crippen LogP contribution is 2.44. The van der Waals surface area contributed by atoms with Gasteiger partial charge >= 0.3 is 0 Å². The van der Waals surface area contributed by atoms with Crippen LogP contribution in [0.4, 0.5) is 11.5 Å². The van der Waals surface area contributed by atoms with Gasteiger partial charge in [0.2, 0.25) is 5.82 Å². The first-order chi connectivity index (χ1) is 7.22. The molecule has 1 spiro atoms. The first kappa shape index (κ1) is 8.82. The molecule has 0 unspecified atom stereocenters. The monoisotopic (exact) mass is 205 g/mol. The van der Waals surface area contributed by atoms with E-state index in [2.05, 4.69) is 11.1 Å². The molecule has 0 aliphatic carbocycles. The van der Waals surface area contributed by atoms with Crippen molar-refractivity contribution in [3.8, 4) is 0 Å². The Morgan fingerprint density at radius 2 is 2.27 bits per heavy atom. The minimum absolute atomic E-state index is 0.342. The Morgan fingerprint density at radius 3 is 2.80 bits per heavy atom. The molecule has 0 saturated carbocycles. The van der Waals surface area contributed by atoms with Gasteiger partial charge in [0.15, 0.2) is 5.69 Å². The van der Waals surface area contributed by atoms with E-state index < -0.39 is 5.91 Å². The van der Waals surface area contributed by atoms with E-state index >= 15 is 0 Å². The zero-order valence-corrected chi connectivity index (χ0v) is 8.19. The number of quaternary nitrogens is 1. The highest BCUT2D eigenvalue weighted by atomic mass is 16.5. The highest BCUT2D eigenvalue weighted by Gasteiger charge is 2.46. The summed E-state index contributed by atoms with van der Waals surface area (Å²) in [4.78, 5) is 15.2. The van der Waals surface area contributed by atoms with Gasteiger partial charge in [-0.3, -0.25) is 4.79 Å². The third-order valence-electron chi connectivity index (χ3n) is 3.09. The average molecular weight is 205 g/mol. The fourth-order valence-corrected chi connectivity index (χ4v) is 2.18. The number of ether oxygens (including phenoxy) is 1. The van der Waals surface area contributed by atoms with Crippen molar-refractivity contribution in [2.45, 2.75) is 0 Å². The number of carbonyl (C=O) groups excluding carboxylic acids is 1. The molecule has 15 heavy (non-hydrogen) atoms. The van der Waals surface area contributed by atoms with Crippen molar-refractivity contribution in [1.82, 2.24) is 9.47 Å². The quantitative estimate of drug-likeness (QED) is 0.654. The Bertz CT molecular complexity index is 414. The molecule has 0 aromatic carbocycles. The van der Waals surface area contributed by atoms with Crippen molar-refractivity contribution < 1.29 is 9.53 Å². The lowest BCUT2D eigenvalue weighted by Gasteiger charge is -2.44. The summed E-state index contributed by atoms with van der Waals surface area (Å²) in [5.74, 6) is 0.349. The molecule has 3 aliphatic rings. The summed E-state index contributed by atoms with van der Waals surface area (Å²) in [6, 6.07) is 4.86. The van der Waals surface area contributed by atoms with E-state index in [0.29, 0.717) is 5.69 Å². The van der Waals surface area contributed by atoms with E-state index in [1.807, 2.05) is 0 Å². The first-order valence-corrected chi connectivity index (χ1v) is 4.92. The van der Waals surface area contributed by atoms with E-state index in [9.17, 15) is 4.79 Å². The van der Waals surface area contributed by atoms with Gasteiger partial charge in [0, 0.05) is 6.07 Å². The molecule has 2 N–H and O–H groups in total. The van der Waals surface area contributed by atoms with Gasteiger partial charge in [-0.05, 0) is 0 Å². The molecule has 5 nitrogen and oxygen atoms in total. The Kier molecular flexibility index (Phi) is 1.63. The van der Waals surface area contributed by atoms with Crippen molar-refractivity contribution in [3.05, 3.63) is 17.8 Å². The molecular weight excluding hydrogens is 194 g/mol. The van der Waals surface area contributed by atoms with Crippen molar-refractivity contribution in [3.63, 3.8) is 0 Å². The predicted molar refractivity (Wildman–Crippen MR) is 53.6 cm³/mol. The number of morpholine rings is 1. The molecular formula is C10H11N3O2+. The lowest BCUT2D eigenvalue weighted by molar-refractivity contribution is 0.0579. The maximum atomic E-state index is 11.0. The number of amides is 1. The van der Waals surface area contributed by atoms with Crippen LogP contribution in [0.1, 0.15) is 10.5 Å². The molecule has 1 fully saturated rings. The highest BCUT2D eigenvalue weighted by molar-refractivity contribution is 5.93. The van der Waals surface area contributed by atoms with Crippen LogP contribution in [0.15, 0.2) is 6.07 Å². The molecule has 1 amide bonds. The third kappa shape index (κ3) is 1.04. The van der Waals surface area contributed by atoms with Crippen LogP contribution >= 0.6 is 0 Å². The molecule has 1 aromatic heterocycles. The Balaban J connectivity index is 1.99. The fourth-order valence-electron chi connectivity index (χ4n) is 2.18. The largest absolute Gasteiger partial charge is 0.370 e. The number of aromatic nitrogens is 1. The molecule has 1 saturated heterocycles. The fraction of sp³-hybridized carbons (Fsp3) is 0.400. The number of nitrogens with two attached hydrogens (primary N) is 1. The summed E-state index contributed by atoms with van der Waals surface area (Å²) < 4.78 is 6.04. The Labute approximate surface area is 87.0 Å². The molecule has 77 valence electrons. The molecule has 1 radical (unpaired) electrons. The molecule has 1 aromatic rings. The van der Waals surface area contributed by atoms with Gasteiger partial charge in [0.05, 0.1) is 13.2 Å². The van der Waals surface area contributed by atoms with Crippen molar-refractivity contribution >= 4 is 17.4 Å². The summed E-state index contributed by atoms with van der Waals surface area (Å²) in [6.07, 6.45) is 0.